The Morgan fingerprint density at radius 3 is 1.07 bits per heavy atom. The van der Waals surface area contributed by atoms with E-state index in [1.54, 1.807) is 18.2 Å². The van der Waals surface area contributed by atoms with E-state index in [1.807, 2.05) is 88.4 Å². The highest BCUT2D eigenvalue weighted by Crippen LogP contribution is 2.43. The number of allylic oxidation sites excluding steroid dienone is 6. The molecule has 0 saturated carbocycles. The van der Waals surface area contributed by atoms with Crippen LogP contribution in [-0.2, 0) is 39.3 Å². The molecule has 4 aromatic carbocycles. The zero-order chi connectivity index (χ0) is 70.7. The minimum absolute atomic E-state index is 0.00972. The average molecular weight is 1370 g/mol. The molecule has 4 atom stereocenters. The molecule has 512 valence electrons. The summed E-state index contributed by atoms with van der Waals surface area (Å²) in [4.78, 5) is 50.5. The Morgan fingerprint density at radius 1 is 0.447 bits per heavy atom. The summed E-state index contributed by atoms with van der Waals surface area (Å²) in [6, 6.07) is 23.1. The molecule has 0 bridgehead atoms. The molecule has 4 unspecified atom stereocenters. The highest BCUT2D eigenvalue weighted by atomic mass is 32.2. The summed E-state index contributed by atoms with van der Waals surface area (Å²) >= 11 is 0. The van der Waals surface area contributed by atoms with E-state index in [2.05, 4.69) is 115 Å². The van der Waals surface area contributed by atoms with Crippen LogP contribution in [0.3, 0.4) is 0 Å². The fourth-order valence-electron chi connectivity index (χ4n) is 12.4. The van der Waals surface area contributed by atoms with E-state index in [1.165, 1.54) is 28.0 Å². The first-order chi connectivity index (χ1) is 43.1. The Balaban J connectivity index is 0.000000227. The van der Waals surface area contributed by atoms with Crippen LogP contribution in [0.4, 0.5) is 22.7 Å². The minimum atomic E-state index is -3.17. The fraction of sp³-hybridized carbons (Fsp3) is 0.459. The molecule has 4 aliphatic rings. The summed E-state index contributed by atoms with van der Waals surface area (Å²) in [6.45, 7) is 29.0. The number of Topliss-reactive ketones (excluding diaryl/α,β-unsaturated/α-hetero) is 4. The van der Waals surface area contributed by atoms with Gasteiger partial charge < -0.3 is 21.3 Å². The predicted molar refractivity (Wildman–Crippen MR) is 389 cm³/mol. The van der Waals surface area contributed by atoms with Crippen LogP contribution in [0.25, 0.3) is 11.1 Å². The van der Waals surface area contributed by atoms with Crippen molar-refractivity contribution in [1.82, 2.24) is 0 Å². The lowest BCUT2D eigenvalue weighted by atomic mass is 9.80. The van der Waals surface area contributed by atoms with Gasteiger partial charge in [0.2, 0.25) is 0 Å². The number of benzene rings is 4. The van der Waals surface area contributed by atoms with Gasteiger partial charge >= 0.3 is 0 Å². The number of carbonyl (C=O) groups excluding carboxylic acids is 4. The minimum Gasteiger partial charge on any atom is -0.379 e. The van der Waals surface area contributed by atoms with E-state index in [-0.39, 0.29) is 70.0 Å². The molecule has 4 heterocycles. The second-order valence-electron chi connectivity index (χ2n) is 28.4. The topological polar surface area (TPSA) is 253 Å². The Bertz CT molecular complexity index is 4170. The summed E-state index contributed by atoms with van der Waals surface area (Å²) in [5.41, 5.74) is 12.6. The van der Waals surface area contributed by atoms with E-state index in [9.17, 15) is 52.8 Å². The molecule has 4 N–H and O–H groups in total. The van der Waals surface area contributed by atoms with Gasteiger partial charge in [-0.15, -0.1) is 0 Å². The summed E-state index contributed by atoms with van der Waals surface area (Å²) in [6.07, 6.45) is 19.2. The van der Waals surface area contributed by atoms with E-state index in [0.717, 1.165) is 93.7 Å². The van der Waals surface area contributed by atoms with Crippen molar-refractivity contribution in [3.05, 3.63) is 175 Å². The van der Waals surface area contributed by atoms with Crippen molar-refractivity contribution in [3.8, 4) is 0 Å². The van der Waals surface area contributed by atoms with Crippen molar-refractivity contribution >= 4 is 96.4 Å². The third-order valence-corrected chi connectivity index (χ3v) is 18.8. The van der Waals surface area contributed by atoms with Crippen molar-refractivity contribution in [3.63, 3.8) is 0 Å². The lowest BCUT2D eigenvalue weighted by Crippen LogP contribution is -2.37. The van der Waals surface area contributed by atoms with E-state index < -0.39 is 39.3 Å². The molecule has 0 saturated heterocycles. The normalized spacial score (nSPS) is 18.9. The zero-order valence-electron chi connectivity index (χ0n) is 58.2. The third-order valence-electron chi connectivity index (χ3n) is 16.1. The van der Waals surface area contributed by atoms with Gasteiger partial charge in [-0.3, -0.25) is 19.2 Å². The van der Waals surface area contributed by atoms with Crippen LogP contribution < -0.4 is 21.3 Å². The number of sulfone groups is 4. The van der Waals surface area contributed by atoms with Gasteiger partial charge in [0, 0.05) is 128 Å². The number of para-hydroxylation sites is 4. The zero-order valence-corrected chi connectivity index (χ0v) is 61.5. The molecular formula is C74H100N4O12S4. The number of fused-ring (bicyclic) bond motifs is 4. The lowest BCUT2D eigenvalue weighted by Gasteiger charge is -2.38. The van der Waals surface area contributed by atoms with Crippen molar-refractivity contribution in [1.29, 1.82) is 0 Å². The molecule has 20 heteroatoms. The molecule has 16 nitrogen and oxygen atoms in total. The second-order valence-corrected chi connectivity index (χ2v) is 36.1. The number of hydrogen-bond donors (Lipinski definition) is 4. The molecule has 8 rings (SSSR count). The Hall–Kier alpha value is -7.00. The summed E-state index contributed by atoms with van der Waals surface area (Å²) in [7, 11) is -12.6. The molecule has 0 radical (unpaired) electrons. The van der Waals surface area contributed by atoms with Gasteiger partial charge in [-0.05, 0) is 165 Å². The first-order valence-corrected chi connectivity index (χ1v) is 39.6. The first kappa shape index (κ1) is 77.7. The van der Waals surface area contributed by atoms with Gasteiger partial charge in [0.05, 0.1) is 22.5 Å². The van der Waals surface area contributed by atoms with Crippen LogP contribution in [0.5, 0.6) is 0 Å². The largest absolute Gasteiger partial charge is 0.379 e. The quantitative estimate of drug-likeness (QED) is 0.0600. The van der Waals surface area contributed by atoms with Crippen LogP contribution in [0.1, 0.15) is 224 Å². The van der Waals surface area contributed by atoms with Crippen molar-refractivity contribution in [2.45, 2.75) is 182 Å². The van der Waals surface area contributed by atoms with Crippen molar-refractivity contribution in [2.75, 3.05) is 46.3 Å². The lowest BCUT2D eigenvalue weighted by molar-refractivity contribution is 0.0964. The van der Waals surface area contributed by atoms with Crippen LogP contribution in [0.2, 0.25) is 0 Å². The number of carbonyl (C=O) groups is 4. The fourth-order valence-corrected chi connectivity index (χ4v) is 14.4. The molecule has 4 aromatic rings. The summed E-state index contributed by atoms with van der Waals surface area (Å²) < 4.78 is 89.1. The molecule has 0 aromatic heterocycles. The van der Waals surface area contributed by atoms with Gasteiger partial charge in [0.25, 0.3) is 0 Å². The molecular weight excluding hydrogens is 1270 g/mol. The maximum atomic E-state index is 12.7. The average Bonchev–Trinajstić information content (AvgIpc) is 0.803. The maximum Gasteiger partial charge on any atom is 0.168 e. The Labute approximate surface area is 561 Å². The van der Waals surface area contributed by atoms with E-state index in [0.29, 0.717) is 59.8 Å². The van der Waals surface area contributed by atoms with Crippen LogP contribution in [0.15, 0.2) is 131 Å². The van der Waals surface area contributed by atoms with Crippen molar-refractivity contribution in [2.24, 2.45) is 11.8 Å². The monoisotopic (exact) mass is 1360 g/mol. The molecule has 0 aliphatic carbocycles. The summed E-state index contributed by atoms with van der Waals surface area (Å²) in [5.74, 6) is 0.625. The Morgan fingerprint density at radius 2 is 0.745 bits per heavy atom. The molecule has 94 heavy (non-hydrogen) atoms. The third kappa shape index (κ3) is 24.3. The summed E-state index contributed by atoms with van der Waals surface area (Å²) in [5, 5.41) is 18.5. The highest BCUT2D eigenvalue weighted by molar-refractivity contribution is 7.94. The number of hydrogen-bond acceptors (Lipinski definition) is 16. The standard InChI is InChI=1S/C19H27NO3S.C19H25NO3S.C18H25NO3S.C18H23NO3S/c2*1-13(9-10-24(5,22)23)11-17(21)16-8-6-7-15-14(2)12-19(3,4)20-18(15)16;2*1-13-12-18(2,3)19-17-14(13)8-7-9-15(17)16(20)10-5-6-11-23(4,21)22/h6-10,13-14,20H,11-12H2,1-5H3;6-10,12-13,20H,11H2,1-5H3;6-9,11,13,19H,5,10,12H2,1-4H3;6-9,11-12,19H,5,10H2,1-4H3. The molecule has 0 fully saturated rings. The number of anilines is 4. The molecule has 0 amide bonds. The predicted octanol–water partition coefficient (Wildman–Crippen LogP) is 15.9. The van der Waals surface area contributed by atoms with Crippen molar-refractivity contribution < 1.29 is 52.8 Å². The maximum absolute atomic E-state index is 12.7. The van der Waals surface area contributed by atoms with E-state index >= 15 is 0 Å². The van der Waals surface area contributed by atoms with Crippen LogP contribution in [-0.4, -0.2) is 104 Å². The SMILES string of the molecule is CC(C=CS(C)(=O)=O)CC(=O)c1cccc2c1NC(C)(C)CC2C.CC1=CC(C)(C)Nc2c(C(=O)CC(C)C=CS(C)(=O)=O)cccc21.CC1=CC(C)(C)Nc2c(C(=O)CCC=CS(C)(=O)=O)cccc21.CC1CC(C)(C)Nc2c(C(=O)CCC=CS(C)(=O)=O)cccc21. The van der Waals surface area contributed by atoms with Crippen LogP contribution in [0, 0.1) is 11.8 Å². The molecule has 4 aliphatic heterocycles. The van der Waals surface area contributed by atoms with Crippen LogP contribution >= 0.6 is 0 Å². The molecule has 0 spiro atoms. The second kappa shape index (κ2) is 31.3. The van der Waals surface area contributed by atoms with Gasteiger partial charge in [-0.25, -0.2) is 33.7 Å². The van der Waals surface area contributed by atoms with Gasteiger partial charge in [-0.2, -0.15) is 0 Å². The Kier molecular flexibility index (Phi) is 25.8. The highest BCUT2D eigenvalue weighted by Gasteiger charge is 2.34. The first-order valence-electron chi connectivity index (χ1n) is 31.8. The van der Waals surface area contributed by atoms with E-state index in [4.69, 9.17) is 0 Å². The number of ketones is 4. The smallest absolute Gasteiger partial charge is 0.168 e. The number of nitrogens with one attached hydrogen (secondary N) is 4. The van der Waals surface area contributed by atoms with Gasteiger partial charge in [0.1, 0.15) is 0 Å². The van der Waals surface area contributed by atoms with Gasteiger partial charge in [-0.1, -0.05) is 113 Å². The number of rotatable bonds is 20. The van der Waals surface area contributed by atoms with Gasteiger partial charge in [0.15, 0.2) is 62.5 Å².